The quantitative estimate of drug-likeness (QED) is 0.0690. The van der Waals surface area contributed by atoms with Crippen LogP contribution in [0.3, 0.4) is 0 Å². The van der Waals surface area contributed by atoms with Gasteiger partial charge >= 0.3 is 20.8 Å². The lowest BCUT2D eigenvalue weighted by molar-refractivity contribution is 0.282. The van der Waals surface area contributed by atoms with Gasteiger partial charge < -0.3 is 11.5 Å². The number of benzene rings is 3. The van der Waals surface area contributed by atoms with Gasteiger partial charge in [0.2, 0.25) is 0 Å². The van der Waals surface area contributed by atoms with E-state index in [9.17, 15) is 59.6 Å². The predicted octanol–water partition coefficient (Wildman–Crippen LogP) is 1.91. The normalized spacial score (nSPS) is 13.6. The van der Waals surface area contributed by atoms with Gasteiger partial charge in [-0.2, -0.15) is 33.7 Å². The molecule has 0 aliphatic rings. The third-order valence-corrected chi connectivity index (χ3v) is 13.0. The van der Waals surface area contributed by atoms with Crippen molar-refractivity contribution in [1.82, 2.24) is 4.98 Å². The Morgan fingerprint density at radius 2 is 0.982 bits per heavy atom. The number of nitrogens with two attached hydrogens (primary N) is 2. The van der Waals surface area contributed by atoms with Crippen LogP contribution in [0.4, 0.5) is 34.4 Å². The molecular weight excluding hydrogens is 879 g/mol. The number of nitrogen functional groups attached to an aromatic ring is 2. The van der Waals surface area contributed by atoms with Crippen molar-refractivity contribution >= 4 is 106 Å². The van der Waals surface area contributed by atoms with Crippen molar-refractivity contribution in [3.05, 3.63) is 54.6 Å². The Hall–Kier alpha value is -4.67. The SMILES string of the molecule is Nc1nc(N)c(/N=N/c2ccc3cc(S(=O)(=O)CCOS(=O)(=O)O)ccc3c2S(=O)(=O)O)cc1/N=N/c1ccc(S(=O)(=O)CCOS(=O)(=O)O)cc1S(=O)(=O)O. The van der Waals surface area contributed by atoms with E-state index >= 15 is 0 Å². The number of nitrogens with zero attached hydrogens (tertiary/aromatic N) is 5. The molecule has 8 N–H and O–H groups in total. The maximum atomic E-state index is 12.7. The van der Waals surface area contributed by atoms with Gasteiger partial charge in [-0.15, -0.1) is 20.5 Å². The summed E-state index contributed by atoms with van der Waals surface area (Å²) in [7, 11) is -28.9. The lowest BCUT2D eigenvalue weighted by atomic mass is 10.1. The van der Waals surface area contributed by atoms with Gasteiger partial charge in [-0.25, -0.2) is 30.2 Å². The summed E-state index contributed by atoms with van der Waals surface area (Å²) in [6, 6.07) is 8.29. The van der Waals surface area contributed by atoms with Gasteiger partial charge in [-0.1, -0.05) is 12.1 Å². The number of rotatable bonds is 16. The van der Waals surface area contributed by atoms with E-state index in [1.807, 2.05) is 0 Å². The number of azo groups is 2. The monoisotopic (exact) mass is 903 g/mol. The highest BCUT2D eigenvalue weighted by Crippen LogP contribution is 2.37. The van der Waals surface area contributed by atoms with E-state index in [1.54, 1.807) is 0 Å². The third kappa shape index (κ3) is 11.4. The molecule has 0 atom stereocenters. The third-order valence-electron chi connectivity index (χ3n) is 6.85. The molecule has 0 bridgehead atoms. The molecule has 3 aromatic carbocycles. The van der Waals surface area contributed by atoms with Crippen LogP contribution in [-0.2, 0) is 69.1 Å². The summed E-state index contributed by atoms with van der Waals surface area (Å²) in [5.74, 6) is -2.79. The van der Waals surface area contributed by atoms with E-state index in [1.165, 1.54) is 6.07 Å². The van der Waals surface area contributed by atoms with Crippen LogP contribution in [0.5, 0.6) is 0 Å². The minimum atomic E-state index is -5.20. The maximum Gasteiger partial charge on any atom is 0.397 e. The van der Waals surface area contributed by atoms with Gasteiger partial charge in [0.1, 0.15) is 32.5 Å². The van der Waals surface area contributed by atoms with E-state index in [-0.39, 0.29) is 22.1 Å². The summed E-state index contributed by atoms with van der Waals surface area (Å²) in [6.45, 7) is -1.98. The predicted molar refractivity (Wildman–Crippen MR) is 191 cm³/mol. The molecule has 0 radical (unpaired) electrons. The van der Waals surface area contributed by atoms with Crippen molar-refractivity contribution < 1.29 is 77.1 Å². The summed E-state index contributed by atoms with van der Waals surface area (Å²) >= 11 is 0. The number of fused-ring (bicyclic) bond motifs is 1. The molecule has 0 amide bonds. The summed E-state index contributed by atoms with van der Waals surface area (Å²) in [5, 5.41) is 14.7. The van der Waals surface area contributed by atoms with Crippen LogP contribution < -0.4 is 11.5 Å². The van der Waals surface area contributed by atoms with E-state index < -0.39 is 128 Å². The zero-order chi connectivity index (χ0) is 42.1. The molecule has 0 unspecified atom stereocenters. The molecule has 0 saturated carbocycles. The standard InChI is InChI=1S/C25H25N7O18S6/c26-24-20(31-29-18-6-3-16(12-22(18)53(37,38)39)52(35,36)10-8-50-56(46,47)48)13-21(25(27)28-24)32-30-19-5-1-14-11-15(2-4-17(14)23(19)54(40,41)42)51(33,34)9-7-49-55(43,44)45/h1-6,11-13H,7-10H2,(H4,26,27,28)(H,37,38,39)(H,40,41,42)(H,43,44,45)(H,46,47,48)/b31-29+,32-30+. The summed E-state index contributed by atoms with van der Waals surface area (Å²) in [6.07, 6.45) is 0. The molecule has 0 aliphatic carbocycles. The number of anilines is 2. The van der Waals surface area contributed by atoms with Crippen molar-refractivity contribution in [2.45, 2.75) is 19.6 Å². The molecule has 0 fully saturated rings. The molecule has 4 rings (SSSR count). The second-order valence-corrected chi connectivity index (χ2v) is 19.9. The fourth-order valence-electron chi connectivity index (χ4n) is 4.42. The van der Waals surface area contributed by atoms with Gasteiger partial charge in [-0.05, 0) is 41.8 Å². The summed E-state index contributed by atoms with van der Waals surface area (Å²) < 4.78 is 188. The molecule has 31 heteroatoms. The first-order chi connectivity index (χ1) is 25.6. The van der Waals surface area contributed by atoms with Crippen LogP contribution in [0.2, 0.25) is 0 Å². The Morgan fingerprint density at radius 3 is 1.46 bits per heavy atom. The first-order valence-corrected chi connectivity index (χ1v) is 23.2. The number of aromatic nitrogens is 1. The molecule has 0 aliphatic heterocycles. The molecule has 1 aromatic heterocycles. The largest absolute Gasteiger partial charge is 0.397 e. The zero-order valence-corrected chi connectivity index (χ0v) is 32.3. The van der Waals surface area contributed by atoms with Crippen LogP contribution in [0.1, 0.15) is 0 Å². The fourth-order valence-corrected chi connectivity index (χ4v) is 9.01. The molecule has 4 aromatic rings. The molecular formula is C25H25N7O18S6. The zero-order valence-electron chi connectivity index (χ0n) is 27.4. The van der Waals surface area contributed by atoms with Crippen LogP contribution in [0.15, 0.2) is 94.6 Å². The van der Waals surface area contributed by atoms with Gasteiger partial charge in [0.15, 0.2) is 31.3 Å². The highest BCUT2D eigenvalue weighted by molar-refractivity contribution is 7.92. The van der Waals surface area contributed by atoms with Crippen LogP contribution in [0, 0.1) is 0 Å². The minimum Gasteiger partial charge on any atom is -0.382 e. The van der Waals surface area contributed by atoms with E-state index in [2.05, 4.69) is 33.8 Å². The molecule has 56 heavy (non-hydrogen) atoms. The lowest BCUT2D eigenvalue weighted by Gasteiger charge is -2.10. The highest BCUT2D eigenvalue weighted by Gasteiger charge is 2.25. The topological polar surface area (TPSA) is 419 Å². The number of sulfone groups is 2. The average molecular weight is 904 g/mol. The minimum absolute atomic E-state index is 0.0502. The van der Waals surface area contributed by atoms with Crippen molar-refractivity contribution in [2.24, 2.45) is 20.5 Å². The van der Waals surface area contributed by atoms with Gasteiger partial charge in [0, 0.05) is 11.5 Å². The van der Waals surface area contributed by atoms with Crippen LogP contribution in [0.25, 0.3) is 10.8 Å². The molecule has 25 nitrogen and oxygen atoms in total. The van der Waals surface area contributed by atoms with Crippen LogP contribution in [-0.4, -0.2) is 98.4 Å². The molecule has 304 valence electrons. The number of pyridine rings is 1. The Kier molecular flexibility index (Phi) is 12.6. The van der Waals surface area contributed by atoms with Crippen molar-refractivity contribution in [1.29, 1.82) is 0 Å². The Morgan fingerprint density at radius 1 is 0.536 bits per heavy atom. The number of hydrogen-bond donors (Lipinski definition) is 6. The maximum absolute atomic E-state index is 12.7. The molecule has 0 saturated heterocycles. The second-order valence-electron chi connectivity index (χ2n) is 10.7. The first-order valence-electron chi connectivity index (χ1n) is 14.3. The van der Waals surface area contributed by atoms with Gasteiger partial charge in [0.25, 0.3) is 20.2 Å². The van der Waals surface area contributed by atoms with Crippen molar-refractivity contribution in [2.75, 3.05) is 36.2 Å². The average Bonchev–Trinajstić information content (AvgIpc) is 3.04. The Bertz CT molecular complexity index is 2980. The molecule has 0 spiro atoms. The number of hydrogen-bond acceptors (Lipinski definition) is 21. The first kappa shape index (κ1) is 44.0. The Labute approximate surface area is 317 Å². The van der Waals surface area contributed by atoms with Crippen molar-refractivity contribution in [3.63, 3.8) is 0 Å². The van der Waals surface area contributed by atoms with Gasteiger partial charge in [-0.3, -0.25) is 18.2 Å². The summed E-state index contributed by atoms with van der Waals surface area (Å²) in [5.41, 5.74) is 9.83. The van der Waals surface area contributed by atoms with E-state index in [4.69, 9.17) is 20.6 Å². The fraction of sp³-hybridized carbons (Fsp3) is 0.160. The molecule has 1 heterocycles. The van der Waals surface area contributed by atoms with Gasteiger partial charge in [0.05, 0.1) is 34.5 Å². The Balaban J connectivity index is 1.69. The second kappa shape index (κ2) is 16.1. The summed E-state index contributed by atoms with van der Waals surface area (Å²) in [4.78, 5) is 0.743. The van der Waals surface area contributed by atoms with E-state index in [0.717, 1.165) is 42.5 Å². The highest BCUT2D eigenvalue weighted by atomic mass is 32.3. The van der Waals surface area contributed by atoms with Crippen molar-refractivity contribution in [3.8, 4) is 0 Å². The van der Waals surface area contributed by atoms with Crippen LogP contribution >= 0.6 is 0 Å². The smallest absolute Gasteiger partial charge is 0.382 e. The lowest BCUT2D eigenvalue weighted by Crippen LogP contribution is -2.16. The van der Waals surface area contributed by atoms with E-state index in [0.29, 0.717) is 6.07 Å².